The molecule has 1 aromatic carbocycles. The predicted octanol–water partition coefficient (Wildman–Crippen LogP) is 2.76. The Morgan fingerprint density at radius 3 is 2.21 bits per heavy atom. The number of hydrogen-bond acceptors (Lipinski definition) is 7. The quantitative estimate of drug-likeness (QED) is 0.585. The maximum absolute atomic E-state index is 13.1. The van der Waals surface area contributed by atoms with Gasteiger partial charge < -0.3 is 9.80 Å². The fourth-order valence-corrected chi connectivity index (χ4v) is 7.69. The number of benzene rings is 1. The van der Waals surface area contributed by atoms with Crippen LogP contribution < -0.4 is 9.62 Å². The third-order valence-electron chi connectivity index (χ3n) is 5.19. The topological polar surface area (TPSA) is 107 Å². The lowest BCUT2D eigenvalue weighted by Gasteiger charge is -2.38. The standard InChI is InChI=1S/C20H27ClN4O5S3/c1-14(2)20(26)25-12-10-24(11-13-25)19-15(21)6-5-7-16(19)22-32(27,28)17-8-9-18(31-17)33(29,30)23(3)4/h5-9,14,22H,10-13H2,1-4H3. The number of thiophene rings is 1. The minimum atomic E-state index is -4.06. The molecular formula is C20H27ClN4O5S3. The van der Waals surface area contributed by atoms with Gasteiger partial charge in [0.2, 0.25) is 5.91 Å². The number of amides is 1. The highest BCUT2D eigenvalue weighted by Gasteiger charge is 2.28. The number of carbonyl (C=O) groups excluding carboxylic acids is 1. The fourth-order valence-electron chi connectivity index (χ4n) is 3.40. The summed E-state index contributed by atoms with van der Waals surface area (Å²) >= 11 is 7.12. The molecular weight excluding hydrogens is 508 g/mol. The van der Waals surface area contributed by atoms with E-state index in [9.17, 15) is 21.6 Å². The fraction of sp³-hybridized carbons (Fsp3) is 0.450. The molecule has 1 saturated heterocycles. The highest BCUT2D eigenvalue weighted by atomic mass is 35.5. The summed E-state index contributed by atoms with van der Waals surface area (Å²) in [6.45, 7) is 5.73. The number of sulfonamides is 2. The Morgan fingerprint density at radius 2 is 1.64 bits per heavy atom. The van der Waals surface area contributed by atoms with Crippen molar-refractivity contribution in [2.75, 3.05) is 49.9 Å². The van der Waals surface area contributed by atoms with Gasteiger partial charge in [0.25, 0.3) is 20.0 Å². The van der Waals surface area contributed by atoms with Crippen molar-refractivity contribution in [1.82, 2.24) is 9.21 Å². The van der Waals surface area contributed by atoms with E-state index in [1.54, 1.807) is 23.1 Å². The van der Waals surface area contributed by atoms with Crippen molar-refractivity contribution >= 4 is 60.3 Å². The molecule has 0 saturated carbocycles. The second-order valence-electron chi connectivity index (χ2n) is 8.07. The first-order valence-corrected chi connectivity index (χ1v) is 14.3. The van der Waals surface area contributed by atoms with E-state index in [-0.39, 0.29) is 25.9 Å². The van der Waals surface area contributed by atoms with Crippen molar-refractivity contribution in [1.29, 1.82) is 0 Å². The van der Waals surface area contributed by atoms with Gasteiger partial charge in [-0.2, -0.15) is 0 Å². The first kappa shape index (κ1) is 25.8. The lowest BCUT2D eigenvalue weighted by atomic mass is 10.1. The molecule has 33 heavy (non-hydrogen) atoms. The van der Waals surface area contributed by atoms with Gasteiger partial charge in [-0.15, -0.1) is 11.3 Å². The molecule has 2 aromatic rings. The van der Waals surface area contributed by atoms with E-state index >= 15 is 0 Å². The zero-order valence-corrected chi connectivity index (χ0v) is 22.0. The Hall–Kier alpha value is -1.86. The van der Waals surface area contributed by atoms with E-state index in [0.29, 0.717) is 48.2 Å². The minimum absolute atomic E-state index is 0.0647. The molecule has 0 atom stereocenters. The maximum atomic E-state index is 13.1. The highest BCUT2D eigenvalue weighted by molar-refractivity contribution is 7.96. The molecule has 182 valence electrons. The van der Waals surface area contributed by atoms with Crippen LogP contribution in [0.3, 0.4) is 0 Å². The number of nitrogens with one attached hydrogen (secondary N) is 1. The van der Waals surface area contributed by atoms with Crippen LogP contribution in [0.15, 0.2) is 38.8 Å². The maximum Gasteiger partial charge on any atom is 0.271 e. The van der Waals surface area contributed by atoms with Crippen LogP contribution in [0.25, 0.3) is 0 Å². The van der Waals surface area contributed by atoms with Crippen molar-refractivity contribution in [3.8, 4) is 0 Å². The molecule has 0 bridgehead atoms. The molecule has 9 nitrogen and oxygen atoms in total. The summed E-state index contributed by atoms with van der Waals surface area (Å²) in [6.07, 6.45) is 0. The SMILES string of the molecule is CC(C)C(=O)N1CCN(c2c(Cl)cccc2NS(=O)(=O)c2ccc(S(=O)(=O)N(C)C)s2)CC1. The van der Waals surface area contributed by atoms with E-state index in [0.717, 1.165) is 4.31 Å². The van der Waals surface area contributed by atoms with E-state index in [4.69, 9.17) is 11.6 Å². The van der Waals surface area contributed by atoms with E-state index < -0.39 is 20.0 Å². The molecule has 0 spiro atoms. The third-order valence-corrected chi connectivity index (χ3v) is 10.7. The smallest absolute Gasteiger partial charge is 0.271 e. The number of nitrogens with zero attached hydrogens (tertiary/aromatic N) is 3. The lowest BCUT2D eigenvalue weighted by Crippen LogP contribution is -2.50. The van der Waals surface area contributed by atoms with E-state index in [2.05, 4.69) is 4.72 Å². The summed E-state index contributed by atoms with van der Waals surface area (Å²) in [4.78, 5) is 16.0. The Labute approximate surface area is 204 Å². The van der Waals surface area contributed by atoms with Gasteiger partial charge in [-0.3, -0.25) is 9.52 Å². The van der Waals surface area contributed by atoms with Crippen LogP contribution in [-0.2, 0) is 24.8 Å². The Morgan fingerprint density at radius 1 is 1.03 bits per heavy atom. The summed E-state index contributed by atoms with van der Waals surface area (Å²) in [6, 6.07) is 7.46. The van der Waals surface area contributed by atoms with Crippen molar-refractivity contribution in [3.63, 3.8) is 0 Å². The molecule has 1 aromatic heterocycles. The summed E-state index contributed by atoms with van der Waals surface area (Å²) in [5.41, 5.74) is 0.814. The average molecular weight is 535 g/mol. The highest BCUT2D eigenvalue weighted by Crippen LogP contribution is 2.37. The summed E-state index contributed by atoms with van der Waals surface area (Å²) in [7, 11) is -5.03. The second-order valence-corrected chi connectivity index (χ2v) is 13.8. The van der Waals surface area contributed by atoms with E-state index in [1.165, 1.54) is 26.2 Å². The first-order valence-electron chi connectivity index (χ1n) is 10.2. The number of piperazine rings is 1. The Kier molecular flexibility index (Phi) is 7.64. The van der Waals surface area contributed by atoms with Crippen LogP contribution in [0.4, 0.5) is 11.4 Å². The van der Waals surface area contributed by atoms with Crippen LogP contribution in [0.5, 0.6) is 0 Å². The number of para-hydroxylation sites is 1. The van der Waals surface area contributed by atoms with Gasteiger partial charge in [0.05, 0.1) is 16.4 Å². The van der Waals surface area contributed by atoms with Crippen molar-refractivity contribution in [2.24, 2.45) is 5.92 Å². The van der Waals surface area contributed by atoms with Crippen molar-refractivity contribution in [2.45, 2.75) is 22.3 Å². The summed E-state index contributed by atoms with van der Waals surface area (Å²) < 4.78 is 54.1. The normalized spacial score (nSPS) is 15.4. The molecule has 0 unspecified atom stereocenters. The van der Waals surface area contributed by atoms with Crippen molar-refractivity contribution < 1.29 is 21.6 Å². The van der Waals surface area contributed by atoms with Crippen LogP contribution in [-0.4, -0.2) is 72.2 Å². The lowest BCUT2D eigenvalue weighted by molar-refractivity contribution is -0.134. The number of carbonyl (C=O) groups is 1. The zero-order chi connectivity index (χ0) is 24.6. The minimum Gasteiger partial charge on any atom is -0.365 e. The molecule has 0 radical (unpaired) electrons. The molecule has 13 heteroatoms. The molecule has 1 fully saturated rings. The number of rotatable bonds is 7. The molecule has 0 aliphatic carbocycles. The molecule has 1 aliphatic heterocycles. The number of halogens is 1. The van der Waals surface area contributed by atoms with Gasteiger partial charge in [0.1, 0.15) is 8.42 Å². The van der Waals surface area contributed by atoms with Crippen LogP contribution in [0.1, 0.15) is 13.8 Å². The average Bonchev–Trinajstić information content (AvgIpc) is 3.25. The Bertz CT molecular complexity index is 1230. The monoisotopic (exact) mass is 534 g/mol. The van der Waals surface area contributed by atoms with Gasteiger partial charge in [-0.25, -0.2) is 21.1 Å². The van der Waals surface area contributed by atoms with Crippen LogP contribution in [0.2, 0.25) is 5.02 Å². The second kappa shape index (κ2) is 9.79. The van der Waals surface area contributed by atoms with Gasteiger partial charge in [0.15, 0.2) is 0 Å². The number of hydrogen-bond donors (Lipinski definition) is 1. The van der Waals surface area contributed by atoms with Crippen LogP contribution >= 0.6 is 22.9 Å². The Balaban J connectivity index is 1.85. The van der Waals surface area contributed by atoms with Crippen molar-refractivity contribution in [3.05, 3.63) is 35.4 Å². The van der Waals surface area contributed by atoms with Crippen LogP contribution in [0, 0.1) is 5.92 Å². The van der Waals surface area contributed by atoms with Gasteiger partial charge in [-0.1, -0.05) is 31.5 Å². The van der Waals surface area contributed by atoms with Gasteiger partial charge in [0, 0.05) is 46.2 Å². The molecule has 1 amide bonds. The van der Waals surface area contributed by atoms with Gasteiger partial charge in [-0.05, 0) is 24.3 Å². The zero-order valence-electron chi connectivity index (χ0n) is 18.8. The molecule has 1 N–H and O–H groups in total. The number of anilines is 2. The van der Waals surface area contributed by atoms with Gasteiger partial charge >= 0.3 is 0 Å². The summed E-state index contributed by atoms with van der Waals surface area (Å²) in [5, 5.41) is 0.376. The molecule has 2 heterocycles. The largest absolute Gasteiger partial charge is 0.365 e. The molecule has 1 aliphatic rings. The summed E-state index contributed by atoms with van der Waals surface area (Å²) in [5.74, 6) is -0.0119. The molecule has 3 rings (SSSR count). The third kappa shape index (κ3) is 5.46. The predicted molar refractivity (Wildman–Crippen MR) is 131 cm³/mol. The first-order chi connectivity index (χ1) is 15.3. The van der Waals surface area contributed by atoms with E-state index in [1.807, 2.05) is 18.7 Å².